The molecule has 0 bridgehead atoms. The van der Waals surface area contributed by atoms with Gasteiger partial charge in [0.25, 0.3) is 0 Å². The number of aromatic amines is 1. The van der Waals surface area contributed by atoms with Gasteiger partial charge in [0.1, 0.15) is 5.69 Å². The Labute approximate surface area is 178 Å². The summed E-state index contributed by atoms with van der Waals surface area (Å²) in [6, 6.07) is 0. The van der Waals surface area contributed by atoms with Crippen LogP contribution in [-0.4, -0.2) is 67.6 Å². The minimum Gasteiger partial charge on any atom is -0.461 e. The maximum absolute atomic E-state index is 12.8. The molecule has 1 atom stereocenters. The summed E-state index contributed by atoms with van der Waals surface area (Å²) in [5.41, 5.74) is 3.16. The number of carbonyl (C=O) groups is 3. The summed E-state index contributed by atoms with van der Waals surface area (Å²) in [5, 5.41) is 2.94. The van der Waals surface area contributed by atoms with Crippen LogP contribution in [0.4, 0.5) is 0 Å². The minimum atomic E-state index is -0.369. The van der Waals surface area contributed by atoms with Gasteiger partial charge in [0.05, 0.1) is 12.5 Å². The number of ether oxygens (including phenoxy) is 2. The number of nitrogens with zero attached hydrogens (tertiary/aromatic N) is 1. The van der Waals surface area contributed by atoms with E-state index in [9.17, 15) is 14.4 Å². The molecular formula is C22H35N3O5. The number of hydrogen-bond acceptors (Lipinski definition) is 5. The van der Waals surface area contributed by atoms with Crippen molar-refractivity contribution >= 4 is 17.8 Å². The van der Waals surface area contributed by atoms with E-state index in [2.05, 4.69) is 10.3 Å². The Hall–Kier alpha value is -2.35. The Balaban J connectivity index is 1.89. The van der Waals surface area contributed by atoms with Crippen LogP contribution < -0.4 is 5.32 Å². The first-order valence-corrected chi connectivity index (χ1v) is 10.8. The van der Waals surface area contributed by atoms with E-state index in [0.29, 0.717) is 51.4 Å². The fourth-order valence-corrected chi connectivity index (χ4v) is 3.95. The zero-order valence-electron chi connectivity index (χ0n) is 18.6. The Morgan fingerprint density at radius 3 is 2.73 bits per heavy atom. The number of methoxy groups -OCH3 is 1. The second kappa shape index (κ2) is 11.7. The molecule has 0 saturated carbocycles. The number of rotatable bonds is 10. The quantitative estimate of drug-likeness (QED) is 0.445. The van der Waals surface area contributed by atoms with Gasteiger partial charge in [0.2, 0.25) is 11.8 Å². The zero-order valence-corrected chi connectivity index (χ0v) is 18.6. The van der Waals surface area contributed by atoms with Crippen LogP contribution in [0.5, 0.6) is 0 Å². The molecule has 0 unspecified atom stereocenters. The second-order valence-electron chi connectivity index (χ2n) is 7.77. The number of likely N-dealkylation sites (tertiary alicyclic amines) is 1. The number of H-pyrrole nitrogens is 1. The van der Waals surface area contributed by atoms with Crippen LogP contribution in [0.15, 0.2) is 0 Å². The molecule has 0 spiro atoms. The molecule has 1 aromatic heterocycles. The van der Waals surface area contributed by atoms with Crippen LogP contribution in [0, 0.1) is 19.8 Å². The third-order valence-electron chi connectivity index (χ3n) is 5.63. The monoisotopic (exact) mass is 421 g/mol. The largest absolute Gasteiger partial charge is 0.461 e. The SMILES string of the molecule is CCOC(=O)c1[nH]c(C)c(CCC(=O)N2CCC[C@H](C(=O)NCCCOC)C2)c1C. The average molecular weight is 422 g/mol. The van der Waals surface area contributed by atoms with Gasteiger partial charge >= 0.3 is 5.97 Å². The van der Waals surface area contributed by atoms with Gasteiger partial charge in [-0.15, -0.1) is 0 Å². The van der Waals surface area contributed by atoms with E-state index in [1.54, 1.807) is 18.9 Å². The van der Waals surface area contributed by atoms with Crippen molar-refractivity contribution in [1.29, 1.82) is 0 Å². The number of hydrogen-bond donors (Lipinski definition) is 2. The van der Waals surface area contributed by atoms with Crippen molar-refractivity contribution in [2.24, 2.45) is 5.92 Å². The van der Waals surface area contributed by atoms with Gasteiger partial charge in [-0.25, -0.2) is 4.79 Å². The van der Waals surface area contributed by atoms with Crippen LogP contribution in [0.1, 0.15) is 59.9 Å². The highest BCUT2D eigenvalue weighted by atomic mass is 16.5. The highest BCUT2D eigenvalue weighted by molar-refractivity contribution is 5.90. The van der Waals surface area contributed by atoms with Gasteiger partial charge in [0.15, 0.2) is 0 Å². The summed E-state index contributed by atoms with van der Waals surface area (Å²) in [4.78, 5) is 42.1. The van der Waals surface area contributed by atoms with E-state index in [1.165, 1.54) is 0 Å². The van der Waals surface area contributed by atoms with E-state index in [0.717, 1.165) is 36.1 Å². The predicted octanol–water partition coefficient (Wildman–Crippen LogP) is 2.13. The molecule has 2 amide bonds. The molecule has 2 N–H and O–H groups in total. The standard InChI is InChI=1S/C22H35N3O5/c1-5-30-22(28)20-15(2)18(16(3)24-20)9-10-19(26)25-12-6-8-17(14-25)21(27)23-11-7-13-29-4/h17,24H,5-14H2,1-4H3,(H,23,27)/t17-/m0/s1. The molecule has 1 saturated heterocycles. The van der Waals surface area contributed by atoms with Crippen LogP contribution >= 0.6 is 0 Å². The van der Waals surface area contributed by atoms with E-state index < -0.39 is 0 Å². The molecule has 8 nitrogen and oxygen atoms in total. The Morgan fingerprint density at radius 2 is 2.03 bits per heavy atom. The lowest BCUT2D eigenvalue weighted by molar-refractivity contribution is -0.135. The average Bonchev–Trinajstić information content (AvgIpc) is 3.03. The highest BCUT2D eigenvalue weighted by Crippen LogP contribution is 2.22. The van der Waals surface area contributed by atoms with Crippen molar-refractivity contribution < 1.29 is 23.9 Å². The number of carbonyl (C=O) groups excluding carboxylic acids is 3. The summed E-state index contributed by atoms with van der Waals surface area (Å²) in [6.45, 7) is 8.23. The lowest BCUT2D eigenvalue weighted by Crippen LogP contribution is -2.45. The first kappa shape index (κ1) is 23.9. The molecule has 168 valence electrons. The second-order valence-corrected chi connectivity index (χ2v) is 7.77. The Kier molecular flexibility index (Phi) is 9.36. The smallest absolute Gasteiger partial charge is 0.355 e. The zero-order chi connectivity index (χ0) is 22.1. The molecule has 1 fully saturated rings. The lowest BCUT2D eigenvalue weighted by atomic mass is 9.96. The molecule has 30 heavy (non-hydrogen) atoms. The maximum Gasteiger partial charge on any atom is 0.355 e. The fourth-order valence-electron chi connectivity index (χ4n) is 3.95. The summed E-state index contributed by atoms with van der Waals surface area (Å²) in [6.07, 6.45) is 3.32. The molecule has 1 aliphatic heterocycles. The lowest BCUT2D eigenvalue weighted by Gasteiger charge is -2.32. The minimum absolute atomic E-state index is 0.0139. The molecule has 0 aromatic carbocycles. The third-order valence-corrected chi connectivity index (χ3v) is 5.63. The first-order chi connectivity index (χ1) is 14.4. The van der Waals surface area contributed by atoms with Crippen molar-refractivity contribution in [3.05, 3.63) is 22.5 Å². The van der Waals surface area contributed by atoms with E-state index in [4.69, 9.17) is 9.47 Å². The summed E-state index contributed by atoms with van der Waals surface area (Å²) >= 11 is 0. The van der Waals surface area contributed by atoms with Crippen LogP contribution in [0.3, 0.4) is 0 Å². The number of aromatic nitrogens is 1. The van der Waals surface area contributed by atoms with Crippen molar-refractivity contribution in [3.8, 4) is 0 Å². The molecule has 0 aliphatic carbocycles. The molecular weight excluding hydrogens is 386 g/mol. The summed E-state index contributed by atoms with van der Waals surface area (Å²) < 4.78 is 10.1. The molecule has 1 aliphatic rings. The molecule has 0 radical (unpaired) electrons. The van der Waals surface area contributed by atoms with E-state index in [1.807, 2.05) is 13.8 Å². The number of amides is 2. The number of esters is 1. The van der Waals surface area contributed by atoms with Crippen LogP contribution in [-0.2, 0) is 25.5 Å². The fraction of sp³-hybridized carbons (Fsp3) is 0.682. The Bertz CT molecular complexity index is 743. The summed E-state index contributed by atoms with van der Waals surface area (Å²) in [5.74, 6) is -0.466. The third kappa shape index (κ3) is 6.32. The number of aryl methyl sites for hydroxylation is 1. The van der Waals surface area contributed by atoms with Crippen LogP contribution in [0.25, 0.3) is 0 Å². The van der Waals surface area contributed by atoms with Crippen molar-refractivity contribution in [2.75, 3.05) is 40.0 Å². The predicted molar refractivity (Wildman–Crippen MR) is 113 cm³/mol. The van der Waals surface area contributed by atoms with Crippen molar-refractivity contribution in [1.82, 2.24) is 15.2 Å². The maximum atomic E-state index is 12.8. The van der Waals surface area contributed by atoms with E-state index in [-0.39, 0.29) is 23.7 Å². The van der Waals surface area contributed by atoms with Gasteiger partial charge in [-0.3, -0.25) is 9.59 Å². The summed E-state index contributed by atoms with van der Waals surface area (Å²) in [7, 11) is 1.64. The molecule has 1 aromatic rings. The van der Waals surface area contributed by atoms with Gasteiger partial charge in [0, 0.05) is 45.5 Å². The number of nitrogens with one attached hydrogen (secondary N) is 2. The van der Waals surface area contributed by atoms with Gasteiger partial charge < -0.3 is 24.7 Å². The first-order valence-electron chi connectivity index (χ1n) is 10.8. The number of piperidine rings is 1. The normalized spacial score (nSPS) is 16.4. The van der Waals surface area contributed by atoms with Gasteiger partial charge in [-0.05, 0) is 57.6 Å². The van der Waals surface area contributed by atoms with Gasteiger partial charge in [-0.1, -0.05) is 0 Å². The molecule has 8 heteroatoms. The van der Waals surface area contributed by atoms with Crippen molar-refractivity contribution in [3.63, 3.8) is 0 Å². The highest BCUT2D eigenvalue weighted by Gasteiger charge is 2.28. The van der Waals surface area contributed by atoms with E-state index >= 15 is 0 Å². The Morgan fingerprint density at radius 1 is 1.27 bits per heavy atom. The molecule has 2 rings (SSSR count). The van der Waals surface area contributed by atoms with Crippen molar-refractivity contribution in [2.45, 2.75) is 52.9 Å². The van der Waals surface area contributed by atoms with Gasteiger partial charge in [-0.2, -0.15) is 0 Å². The topological polar surface area (TPSA) is 101 Å². The van der Waals surface area contributed by atoms with Crippen LogP contribution in [0.2, 0.25) is 0 Å². The molecule has 2 heterocycles.